The van der Waals surface area contributed by atoms with E-state index >= 15 is 0 Å². The molecule has 0 spiro atoms. The SMILES string of the molecule is Cc1ccc2cc(C(O)[NH2+]c3ccccc3)c(N)nc2c1. The van der Waals surface area contributed by atoms with Crippen molar-refractivity contribution in [1.29, 1.82) is 0 Å². The van der Waals surface area contributed by atoms with E-state index in [0.29, 0.717) is 11.4 Å². The van der Waals surface area contributed by atoms with Crippen molar-refractivity contribution in [2.45, 2.75) is 13.2 Å². The molecule has 0 aliphatic rings. The number of fused-ring (bicyclic) bond motifs is 1. The number of aliphatic hydroxyl groups excluding tert-OH is 1. The summed E-state index contributed by atoms with van der Waals surface area (Å²) in [6, 6.07) is 17.6. The molecule has 0 saturated heterocycles. The molecular weight excluding hydrogens is 262 g/mol. The van der Waals surface area contributed by atoms with Crippen molar-refractivity contribution < 1.29 is 10.4 Å². The lowest BCUT2D eigenvalue weighted by Gasteiger charge is -2.12. The summed E-state index contributed by atoms with van der Waals surface area (Å²) >= 11 is 0. The molecule has 0 fully saturated rings. The zero-order valence-corrected chi connectivity index (χ0v) is 11.8. The molecule has 1 heterocycles. The molecular formula is C17H18N3O+. The maximum Gasteiger partial charge on any atom is 0.222 e. The smallest absolute Gasteiger partial charge is 0.222 e. The van der Waals surface area contributed by atoms with Crippen molar-refractivity contribution in [3.05, 3.63) is 65.7 Å². The van der Waals surface area contributed by atoms with Gasteiger partial charge in [0.1, 0.15) is 11.5 Å². The predicted octanol–water partition coefficient (Wildman–Crippen LogP) is 2.01. The fourth-order valence-electron chi connectivity index (χ4n) is 2.38. The zero-order valence-electron chi connectivity index (χ0n) is 11.8. The predicted molar refractivity (Wildman–Crippen MR) is 83.9 cm³/mol. The molecule has 0 aliphatic carbocycles. The Morgan fingerprint density at radius 1 is 1.10 bits per heavy atom. The number of hydrogen-bond donors (Lipinski definition) is 3. The fraction of sp³-hybridized carbons (Fsp3) is 0.118. The third-order valence-electron chi connectivity index (χ3n) is 3.50. The van der Waals surface area contributed by atoms with Crippen molar-refractivity contribution in [1.82, 2.24) is 4.98 Å². The van der Waals surface area contributed by atoms with E-state index in [9.17, 15) is 5.11 Å². The Bertz CT molecular complexity index is 772. The van der Waals surface area contributed by atoms with Crippen LogP contribution >= 0.6 is 0 Å². The van der Waals surface area contributed by atoms with E-state index in [1.807, 2.05) is 61.5 Å². The molecule has 1 aromatic heterocycles. The number of aromatic nitrogens is 1. The van der Waals surface area contributed by atoms with Crippen LogP contribution in [-0.4, -0.2) is 10.1 Å². The number of benzene rings is 2. The van der Waals surface area contributed by atoms with Gasteiger partial charge in [-0.05, 0) is 36.8 Å². The van der Waals surface area contributed by atoms with Gasteiger partial charge in [0.05, 0.1) is 11.1 Å². The van der Waals surface area contributed by atoms with Gasteiger partial charge in [0.2, 0.25) is 6.23 Å². The molecule has 1 unspecified atom stereocenters. The van der Waals surface area contributed by atoms with Crippen LogP contribution in [0.4, 0.5) is 11.5 Å². The first-order chi connectivity index (χ1) is 10.1. The van der Waals surface area contributed by atoms with Crippen LogP contribution in [0.5, 0.6) is 0 Å². The summed E-state index contributed by atoms with van der Waals surface area (Å²) in [7, 11) is 0. The van der Waals surface area contributed by atoms with Crippen molar-refractivity contribution in [2.24, 2.45) is 0 Å². The second-order valence-corrected chi connectivity index (χ2v) is 5.18. The van der Waals surface area contributed by atoms with E-state index in [-0.39, 0.29) is 0 Å². The van der Waals surface area contributed by atoms with E-state index in [1.54, 1.807) is 5.32 Å². The number of aliphatic hydroxyl groups is 1. The highest BCUT2D eigenvalue weighted by molar-refractivity contribution is 5.82. The topological polar surface area (TPSA) is 75.8 Å². The van der Waals surface area contributed by atoms with Crippen molar-refractivity contribution in [3.63, 3.8) is 0 Å². The molecule has 3 aromatic rings. The third-order valence-corrected chi connectivity index (χ3v) is 3.50. The van der Waals surface area contributed by atoms with Crippen LogP contribution in [0, 0.1) is 6.92 Å². The van der Waals surface area contributed by atoms with Crippen LogP contribution < -0.4 is 11.1 Å². The molecule has 1 atom stereocenters. The van der Waals surface area contributed by atoms with Crippen LogP contribution in [-0.2, 0) is 0 Å². The number of quaternary nitrogens is 1. The number of nitrogens with two attached hydrogens (primary N) is 2. The van der Waals surface area contributed by atoms with Crippen LogP contribution in [0.3, 0.4) is 0 Å². The number of nitrogen functional groups attached to an aromatic ring is 1. The lowest BCUT2D eigenvalue weighted by molar-refractivity contribution is -0.661. The number of anilines is 1. The molecule has 106 valence electrons. The molecule has 4 heteroatoms. The lowest BCUT2D eigenvalue weighted by atomic mass is 10.1. The minimum absolute atomic E-state index is 0.368. The molecule has 5 N–H and O–H groups in total. The highest BCUT2D eigenvalue weighted by atomic mass is 16.3. The Balaban J connectivity index is 1.96. The summed E-state index contributed by atoms with van der Waals surface area (Å²) in [5.74, 6) is 0.368. The molecule has 0 aliphatic heterocycles. The fourth-order valence-corrected chi connectivity index (χ4v) is 2.38. The summed E-state index contributed by atoms with van der Waals surface area (Å²) < 4.78 is 0. The molecule has 0 amide bonds. The first-order valence-electron chi connectivity index (χ1n) is 6.88. The van der Waals surface area contributed by atoms with Gasteiger partial charge < -0.3 is 10.8 Å². The molecule has 0 bridgehead atoms. The molecule has 2 aromatic carbocycles. The maximum atomic E-state index is 10.4. The first-order valence-corrected chi connectivity index (χ1v) is 6.88. The quantitative estimate of drug-likeness (QED) is 0.507. The van der Waals surface area contributed by atoms with Gasteiger partial charge in [-0.15, -0.1) is 0 Å². The van der Waals surface area contributed by atoms with Crippen LogP contribution in [0.25, 0.3) is 10.9 Å². The number of aryl methyl sites for hydroxylation is 1. The summed E-state index contributed by atoms with van der Waals surface area (Å²) in [5, 5.41) is 13.1. The molecule has 4 nitrogen and oxygen atoms in total. The second-order valence-electron chi connectivity index (χ2n) is 5.18. The van der Waals surface area contributed by atoms with E-state index < -0.39 is 6.23 Å². The van der Waals surface area contributed by atoms with Crippen molar-refractivity contribution >= 4 is 22.4 Å². The Kier molecular flexibility index (Phi) is 3.56. The minimum atomic E-state index is -0.773. The maximum absolute atomic E-state index is 10.4. The Labute approximate surface area is 123 Å². The normalized spacial score (nSPS) is 12.5. The van der Waals surface area contributed by atoms with E-state index in [4.69, 9.17) is 5.73 Å². The van der Waals surface area contributed by atoms with E-state index in [0.717, 1.165) is 22.2 Å². The monoisotopic (exact) mass is 280 g/mol. The van der Waals surface area contributed by atoms with Gasteiger partial charge in [-0.2, -0.15) is 0 Å². The van der Waals surface area contributed by atoms with Gasteiger partial charge in [0.15, 0.2) is 0 Å². The minimum Gasteiger partial charge on any atom is -0.383 e. The number of hydrogen-bond acceptors (Lipinski definition) is 3. The molecule has 0 saturated carbocycles. The summed E-state index contributed by atoms with van der Waals surface area (Å²) in [4.78, 5) is 4.40. The Morgan fingerprint density at radius 3 is 2.62 bits per heavy atom. The number of para-hydroxylation sites is 1. The average molecular weight is 280 g/mol. The summed E-state index contributed by atoms with van der Waals surface area (Å²) in [6.07, 6.45) is -0.773. The van der Waals surface area contributed by atoms with Crippen LogP contribution in [0.1, 0.15) is 17.4 Å². The highest BCUT2D eigenvalue weighted by Crippen LogP contribution is 2.22. The summed E-state index contributed by atoms with van der Waals surface area (Å²) in [6.45, 7) is 2.02. The summed E-state index contributed by atoms with van der Waals surface area (Å²) in [5.41, 5.74) is 9.57. The van der Waals surface area contributed by atoms with E-state index in [2.05, 4.69) is 4.98 Å². The third kappa shape index (κ3) is 2.86. The van der Waals surface area contributed by atoms with Gasteiger partial charge in [0, 0.05) is 5.39 Å². The van der Waals surface area contributed by atoms with Gasteiger partial charge in [-0.1, -0.05) is 30.3 Å². The van der Waals surface area contributed by atoms with Gasteiger partial charge in [-0.3, -0.25) is 5.32 Å². The van der Waals surface area contributed by atoms with Crippen LogP contribution in [0.2, 0.25) is 0 Å². The number of rotatable bonds is 3. The van der Waals surface area contributed by atoms with E-state index in [1.165, 1.54) is 0 Å². The largest absolute Gasteiger partial charge is 0.383 e. The zero-order chi connectivity index (χ0) is 14.8. The van der Waals surface area contributed by atoms with Crippen LogP contribution in [0.15, 0.2) is 54.6 Å². The standard InChI is InChI=1S/C17H17N3O/c1-11-7-8-12-10-14(16(18)20-15(12)9-11)17(21)19-13-5-3-2-4-6-13/h2-10,17,19,21H,1H3,(H2,18,20)/p+1. The molecule has 21 heavy (non-hydrogen) atoms. The van der Waals surface area contributed by atoms with Gasteiger partial charge in [-0.25, -0.2) is 4.98 Å². The number of nitrogens with zero attached hydrogens (tertiary/aromatic N) is 1. The second kappa shape index (κ2) is 5.52. The molecule has 0 radical (unpaired) electrons. The molecule has 3 rings (SSSR count). The lowest BCUT2D eigenvalue weighted by Crippen LogP contribution is -2.79. The number of pyridine rings is 1. The first kappa shape index (κ1) is 13.5. The Hall–Kier alpha value is -2.43. The van der Waals surface area contributed by atoms with Gasteiger partial charge in [0.25, 0.3) is 0 Å². The average Bonchev–Trinajstić information content (AvgIpc) is 2.47. The Morgan fingerprint density at radius 2 is 1.86 bits per heavy atom. The van der Waals surface area contributed by atoms with Crippen molar-refractivity contribution in [3.8, 4) is 0 Å². The highest BCUT2D eigenvalue weighted by Gasteiger charge is 2.17. The van der Waals surface area contributed by atoms with Crippen molar-refractivity contribution in [2.75, 3.05) is 5.73 Å². The van der Waals surface area contributed by atoms with Gasteiger partial charge >= 0.3 is 0 Å².